The maximum atomic E-state index is 4.49. The van der Waals surface area contributed by atoms with E-state index in [0.29, 0.717) is 0 Å². The van der Waals surface area contributed by atoms with Crippen LogP contribution in [0, 0.1) is 6.92 Å². The normalized spacial score (nSPS) is 17.6. The minimum atomic E-state index is 0.925. The zero-order valence-electron chi connectivity index (χ0n) is 17.3. The quantitative estimate of drug-likeness (QED) is 0.718. The van der Waals surface area contributed by atoms with E-state index in [0.717, 1.165) is 26.1 Å². The first-order chi connectivity index (χ1) is 13.7. The standard InChI is InChI=1S/C25H33N3/c1-4-22-8-10-23(11-9-22)19-28-18-20(2)25-21(3)27(15-12-24(25)28)17-16-26-13-6-5-7-14-26/h4,8-11,18H,1,3,5-7,12-17,19H2,2H3. The topological polar surface area (TPSA) is 11.4 Å². The van der Waals surface area contributed by atoms with Crippen molar-refractivity contribution >= 4 is 11.8 Å². The molecule has 1 aromatic carbocycles. The number of rotatable bonds is 6. The zero-order chi connectivity index (χ0) is 19.5. The Kier molecular flexibility index (Phi) is 5.72. The third kappa shape index (κ3) is 3.95. The molecule has 0 atom stereocenters. The summed E-state index contributed by atoms with van der Waals surface area (Å²) in [6.45, 7) is 17.4. The van der Waals surface area contributed by atoms with Crippen LogP contribution in [0.3, 0.4) is 0 Å². The van der Waals surface area contributed by atoms with Crippen LogP contribution in [-0.2, 0) is 13.0 Å². The summed E-state index contributed by atoms with van der Waals surface area (Å²) < 4.78 is 2.43. The van der Waals surface area contributed by atoms with Crippen LogP contribution in [-0.4, -0.2) is 47.1 Å². The van der Waals surface area contributed by atoms with Gasteiger partial charge >= 0.3 is 0 Å². The van der Waals surface area contributed by atoms with Gasteiger partial charge in [0.2, 0.25) is 0 Å². The number of aromatic nitrogens is 1. The molecule has 1 aromatic heterocycles. The molecule has 0 unspecified atom stereocenters. The lowest BCUT2D eigenvalue weighted by atomic mass is 10.0. The Morgan fingerprint density at radius 1 is 1.00 bits per heavy atom. The fourth-order valence-corrected chi connectivity index (χ4v) is 4.73. The van der Waals surface area contributed by atoms with E-state index in [-0.39, 0.29) is 0 Å². The van der Waals surface area contributed by atoms with Crippen molar-refractivity contribution in [3.8, 4) is 0 Å². The van der Waals surface area contributed by atoms with Gasteiger partial charge in [-0.25, -0.2) is 0 Å². The van der Waals surface area contributed by atoms with Crippen LogP contribution in [0.25, 0.3) is 11.8 Å². The average Bonchev–Trinajstić information content (AvgIpc) is 3.05. The molecule has 0 amide bonds. The highest BCUT2D eigenvalue weighted by Gasteiger charge is 2.25. The molecule has 2 aliphatic rings. The minimum absolute atomic E-state index is 0.925. The van der Waals surface area contributed by atoms with Gasteiger partial charge in [0.15, 0.2) is 0 Å². The first-order valence-corrected chi connectivity index (χ1v) is 10.7. The molecule has 0 aliphatic carbocycles. The van der Waals surface area contributed by atoms with E-state index < -0.39 is 0 Å². The van der Waals surface area contributed by atoms with Crippen molar-refractivity contribution in [1.29, 1.82) is 0 Å². The Morgan fingerprint density at radius 3 is 2.46 bits per heavy atom. The molecule has 4 rings (SSSR count). The molecular weight excluding hydrogens is 342 g/mol. The molecule has 0 spiro atoms. The highest BCUT2D eigenvalue weighted by atomic mass is 15.2. The van der Waals surface area contributed by atoms with Crippen LogP contribution < -0.4 is 0 Å². The summed E-state index contributed by atoms with van der Waals surface area (Å²) in [6.07, 6.45) is 9.44. The van der Waals surface area contributed by atoms with Gasteiger partial charge in [-0.2, -0.15) is 0 Å². The van der Waals surface area contributed by atoms with Crippen molar-refractivity contribution in [3.05, 3.63) is 71.6 Å². The number of aryl methyl sites for hydroxylation is 1. The molecule has 2 aliphatic heterocycles. The number of nitrogens with zero attached hydrogens (tertiary/aromatic N) is 3. The molecule has 3 heteroatoms. The summed E-state index contributed by atoms with van der Waals surface area (Å²) in [4.78, 5) is 5.13. The molecule has 148 valence electrons. The van der Waals surface area contributed by atoms with Gasteiger partial charge in [0.05, 0.1) is 0 Å². The average molecular weight is 376 g/mol. The number of piperidine rings is 1. The number of hydrogen-bond acceptors (Lipinski definition) is 2. The van der Waals surface area contributed by atoms with E-state index in [4.69, 9.17) is 0 Å². The third-order valence-corrected chi connectivity index (χ3v) is 6.37. The summed E-state index contributed by atoms with van der Waals surface area (Å²) in [5.74, 6) is 0. The lowest BCUT2D eigenvalue weighted by Crippen LogP contribution is -2.39. The van der Waals surface area contributed by atoms with Crippen LogP contribution in [0.15, 0.2) is 43.6 Å². The second-order valence-corrected chi connectivity index (χ2v) is 8.29. The molecule has 0 saturated carbocycles. The summed E-state index contributed by atoms with van der Waals surface area (Å²) in [5.41, 5.74) is 7.91. The first-order valence-electron chi connectivity index (χ1n) is 10.7. The second-order valence-electron chi connectivity index (χ2n) is 8.29. The number of benzene rings is 1. The van der Waals surface area contributed by atoms with E-state index in [2.05, 4.69) is 64.9 Å². The van der Waals surface area contributed by atoms with E-state index in [1.807, 2.05) is 6.08 Å². The molecular formula is C25H33N3. The maximum absolute atomic E-state index is 4.49. The number of hydrogen-bond donors (Lipinski definition) is 0. The van der Waals surface area contributed by atoms with E-state index in [1.165, 1.54) is 72.5 Å². The molecule has 2 aromatic rings. The largest absolute Gasteiger partial charge is 0.370 e. The van der Waals surface area contributed by atoms with Crippen LogP contribution in [0.1, 0.15) is 47.2 Å². The fraction of sp³-hybridized carbons (Fsp3) is 0.440. The van der Waals surface area contributed by atoms with Gasteiger partial charge in [0.1, 0.15) is 0 Å². The Bertz CT molecular complexity index is 837. The molecule has 3 heterocycles. The first kappa shape index (κ1) is 19.1. The second kappa shape index (κ2) is 8.40. The van der Waals surface area contributed by atoms with Gasteiger partial charge in [0.25, 0.3) is 0 Å². The summed E-state index contributed by atoms with van der Waals surface area (Å²) >= 11 is 0. The monoisotopic (exact) mass is 375 g/mol. The van der Waals surface area contributed by atoms with E-state index in [9.17, 15) is 0 Å². The predicted octanol–water partition coefficient (Wildman–Crippen LogP) is 4.80. The van der Waals surface area contributed by atoms with Gasteiger partial charge < -0.3 is 14.4 Å². The van der Waals surface area contributed by atoms with Gasteiger partial charge in [-0.05, 0) is 49.5 Å². The van der Waals surface area contributed by atoms with Crippen molar-refractivity contribution in [2.24, 2.45) is 0 Å². The van der Waals surface area contributed by atoms with Crippen LogP contribution in [0.2, 0.25) is 0 Å². The Hall–Kier alpha value is -2.26. The Balaban J connectivity index is 1.45. The summed E-state index contributed by atoms with van der Waals surface area (Å²) in [7, 11) is 0. The molecule has 0 radical (unpaired) electrons. The van der Waals surface area contributed by atoms with Crippen molar-refractivity contribution < 1.29 is 0 Å². The van der Waals surface area contributed by atoms with Crippen LogP contribution >= 0.6 is 0 Å². The van der Waals surface area contributed by atoms with E-state index >= 15 is 0 Å². The molecule has 28 heavy (non-hydrogen) atoms. The summed E-state index contributed by atoms with van der Waals surface area (Å²) in [6, 6.07) is 8.71. The van der Waals surface area contributed by atoms with Crippen LogP contribution in [0.5, 0.6) is 0 Å². The van der Waals surface area contributed by atoms with Gasteiger partial charge in [-0.1, -0.05) is 49.9 Å². The zero-order valence-corrected chi connectivity index (χ0v) is 17.3. The van der Waals surface area contributed by atoms with Crippen molar-refractivity contribution in [1.82, 2.24) is 14.4 Å². The smallest absolute Gasteiger partial charge is 0.0473 e. The highest BCUT2D eigenvalue weighted by molar-refractivity contribution is 5.69. The molecule has 0 N–H and O–H groups in total. The van der Waals surface area contributed by atoms with Gasteiger partial charge in [-0.3, -0.25) is 0 Å². The van der Waals surface area contributed by atoms with Crippen LogP contribution in [0.4, 0.5) is 0 Å². The maximum Gasteiger partial charge on any atom is 0.0473 e. The Labute approximate surface area is 170 Å². The Morgan fingerprint density at radius 2 is 1.75 bits per heavy atom. The molecule has 0 bridgehead atoms. The van der Waals surface area contributed by atoms with Gasteiger partial charge in [-0.15, -0.1) is 0 Å². The minimum Gasteiger partial charge on any atom is -0.370 e. The van der Waals surface area contributed by atoms with Crippen molar-refractivity contribution in [2.45, 2.75) is 39.2 Å². The molecule has 3 nitrogen and oxygen atoms in total. The molecule has 1 fully saturated rings. The number of fused-ring (bicyclic) bond motifs is 1. The predicted molar refractivity (Wildman–Crippen MR) is 119 cm³/mol. The SMILES string of the molecule is C=Cc1ccc(Cn2cc(C)c3c2CCN(CCN2CCCCC2)C3=C)cc1. The third-order valence-electron chi connectivity index (χ3n) is 6.37. The lowest BCUT2D eigenvalue weighted by molar-refractivity contribution is 0.206. The highest BCUT2D eigenvalue weighted by Crippen LogP contribution is 2.32. The fourth-order valence-electron chi connectivity index (χ4n) is 4.73. The van der Waals surface area contributed by atoms with Crippen molar-refractivity contribution in [3.63, 3.8) is 0 Å². The summed E-state index contributed by atoms with van der Waals surface area (Å²) in [5, 5.41) is 0. The number of likely N-dealkylation sites (tertiary alicyclic amines) is 1. The lowest BCUT2D eigenvalue weighted by Gasteiger charge is -2.35. The van der Waals surface area contributed by atoms with Crippen molar-refractivity contribution in [2.75, 3.05) is 32.7 Å². The molecule has 1 saturated heterocycles. The van der Waals surface area contributed by atoms with E-state index in [1.54, 1.807) is 0 Å². The van der Waals surface area contributed by atoms with Gasteiger partial charge in [0, 0.05) is 55.8 Å².